The number of pyridine rings is 1. The number of alkyl carbamates (subject to hydrolysis) is 1. The number of amides is 2. The number of ether oxygens (including phenoxy) is 2. The lowest BCUT2D eigenvalue weighted by molar-refractivity contribution is -0.0685. The lowest BCUT2D eigenvalue weighted by Gasteiger charge is -2.25. The van der Waals surface area contributed by atoms with Gasteiger partial charge in [-0.25, -0.2) is 14.2 Å². The number of carbonyl (C=O) groups is 2. The summed E-state index contributed by atoms with van der Waals surface area (Å²) >= 11 is 0. The maximum Gasteiger partial charge on any atom is 0.409 e. The maximum absolute atomic E-state index is 14.9. The second-order valence-corrected chi connectivity index (χ2v) is 8.61. The third-order valence-corrected chi connectivity index (χ3v) is 6.33. The number of carbonyl (C=O) groups excluding carboxylic acids is 2. The number of aromatic nitrogens is 2. The molecule has 0 bridgehead atoms. The van der Waals surface area contributed by atoms with Gasteiger partial charge in [-0.1, -0.05) is 0 Å². The second kappa shape index (κ2) is 9.38. The Kier molecular flexibility index (Phi) is 6.14. The highest BCUT2D eigenvalue weighted by Crippen LogP contribution is 2.28. The van der Waals surface area contributed by atoms with E-state index in [1.54, 1.807) is 36.3 Å². The molecule has 2 aliphatic rings. The zero-order valence-electron chi connectivity index (χ0n) is 18.7. The smallest absolute Gasteiger partial charge is 0.409 e. The molecule has 1 aliphatic heterocycles. The molecular weight excluding hydrogens is 443 g/mol. The van der Waals surface area contributed by atoms with Crippen LogP contribution in [0.25, 0.3) is 22.7 Å². The normalized spacial score (nSPS) is 22.1. The molecule has 3 atom stereocenters. The zero-order chi connectivity index (χ0) is 23.7. The zero-order valence-corrected chi connectivity index (χ0v) is 18.7. The number of nitrogens with zero attached hydrogens (tertiary/aromatic N) is 3. The Morgan fingerprint density at radius 3 is 2.88 bits per heavy atom. The quantitative estimate of drug-likeness (QED) is 0.605. The molecule has 2 fully saturated rings. The fourth-order valence-corrected chi connectivity index (χ4v) is 4.48. The van der Waals surface area contributed by atoms with Crippen LogP contribution in [0.3, 0.4) is 0 Å². The number of hydrogen-bond acceptors (Lipinski definition) is 7. The molecule has 3 aromatic rings. The minimum Gasteiger partial charge on any atom is -0.434 e. The van der Waals surface area contributed by atoms with Crippen LogP contribution in [0.4, 0.5) is 9.18 Å². The number of nitrogens with one attached hydrogen (secondary N) is 1. The summed E-state index contributed by atoms with van der Waals surface area (Å²) in [6.07, 6.45) is 4.23. The average molecular weight is 468 g/mol. The van der Waals surface area contributed by atoms with Gasteiger partial charge in [0.05, 0.1) is 12.2 Å². The average Bonchev–Trinajstić information content (AvgIpc) is 3.59. The first-order valence-electron chi connectivity index (χ1n) is 11.4. The van der Waals surface area contributed by atoms with Crippen molar-refractivity contribution in [3.63, 3.8) is 0 Å². The van der Waals surface area contributed by atoms with E-state index in [0.717, 1.165) is 19.3 Å². The SMILES string of the molecule is CN(C(=O)c1ccc(-c2nc3ncccc3o2)c(F)c1)[C@@H]1CC[C@H](NC(=O)O[C@H]2CCCO2)C1. The molecule has 0 unspecified atom stereocenters. The molecule has 10 heteroatoms. The van der Waals surface area contributed by atoms with Crippen LogP contribution >= 0.6 is 0 Å². The van der Waals surface area contributed by atoms with Gasteiger partial charge < -0.3 is 24.1 Å². The van der Waals surface area contributed by atoms with Gasteiger partial charge in [0.15, 0.2) is 11.2 Å². The summed E-state index contributed by atoms with van der Waals surface area (Å²) in [6.45, 7) is 0.601. The first kappa shape index (κ1) is 22.3. The van der Waals surface area contributed by atoms with Crippen LogP contribution < -0.4 is 5.32 Å². The number of oxazole rings is 1. The number of fused-ring (bicyclic) bond motifs is 1. The van der Waals surface area contributed by atoms with Crippen molar-refractivity contribution in [2.75, 3.05) is 13.7 Å². The first-order chi connectivity index (χ1) is 16.5. The van der Waals surface area contributed by atoms with Gasteiger partial charge in [-0.2, -0.15) is 4.98 Å². The van der Waals surface area contributed by atoms with Crippen LogP contribution in [0.15, 0.2) is 40.9 Å². The lowest BCUT2D eigenvalue weighted by Crippen LogP contribution is -2.39. The van der Waals surface area contributed by atoms with Crippen molar-refractivity contribution in [1.82, 2.24) is 20.2 Å². The van der Waals surface area contributed by atoms with Gasteiger partial charge in [0, 0.05) is 37.3 Å². The summed E-state index contributed by atoms with van der Waals surface area (Å²) in [6, 6.07) is 7.48. The molecule has 1 aliphatic carbocycles. The molecule has 3 heterocycles. The van der Waals surface area contributed by atoms with Crippen LogP contribution in [0.5, 0.6) is 0 Å². The highest BCUT2D eigenvalue weighted by Gasteiger charge is 2.32. The van der Waals surface area contributed by atoms with Crippen LogP contribution in [-0.4, -0.2) is 58.9 Å². The van der Waals surface area contributed by atoms with E-state index in [0.29, 0.717) is 30.7 Å². The fourth-order valence-electron chi connectivity index (χ4n) is 4.48. The number of benzene rings is 1. The molecule has 178 valence electrons. The van der Waals surface area contributed by atoms with Crippen molar-refractivity contribution in [3.05, 3.63) is 47.9 Å². The minimum atomic E-state index is -0.603. The Labute approximate surface area is 195 Å². The molecular formula is C24H25FN4O5. The summed E-state index contributed by atoms with van der Waals surface area (Å²) in [7, 11) is 1.69. The van der Waals surface area contributed by atoms with Crippen molar-refractivity contribution in [2.24, 2.45) is 0 Å². The van der Waals surface area contributed by atoms with E-state index >= 15 is 0 Å². The lowest BCUT2D eigenvalue weighted by atomic mass is 10.1. The predicted octanol–water partition coefficient (Wildman–Crippen LogP) is 3.88. The molecule has 2 aromatic heterocycles. The van der Waals surface area contributed by atoms with Gasteiger partial charge in [-0.05, 0) is 56.0 Å². The van der Waals surface area contributed by atoms with E-state index in [1.807, 2.05) is 0 Å². The van der Waals surface area contributed by atoms with Crippen molar-refractivity contribution >= 4 is 23.2 Å². The number of hydrogen-bond donors (Lipinski definition) is 1. The Morgan fingerprint density at radius 2 is 2.12 bits per heavy atom. The third kappa shape index (κ3) is 4.58. The van der Waals surface area contributed by atoms with E-state index < -0.39 is 18.2 Å². The molecule has 1 N–H and O–H groups in total. The Morgan fingerprint density at radius 1 is 1.24 bits per heavy atom. The van der Waals surface area contributed by atoms with Gasteiger partial charge in [-0.3, -0.25) is 4.79 Å². The van der Waals surface area contributed by atoms with Crippen LogP contribution in [0, 0.1) is 5.82 Å². The maximum atomic E-state index is 14.9. The monoisotopic (exact) mass is 468 g/mol. The van der Waals surface area contributed by atoms with Gasteiger partial charge in [0.25, 0.3) is 5.91 Å². The van der Waals surface area contributed by atoms with E-state index in [4.69, 9.17) is 13.9 Å². The molecule has 1 saturated heterocycles. The summed E-state index contributed by atoms with van der Waals surface area (Å²) in [5, 5.41) is 2.85. The molecule has 1 saturated carbocycles. The third-order valence-electron chi connectivity index (χ3n) is 6.33. The largest absolute Gasteiger partial charge is 0.434 e. The first-order valence-corrected chi connectivity index (χ1v) is 11.4. The van der Waals surface area contributed by atoms with E-state index in [9.17, 15) is 14.0 Å². The summed E-state index contributed by atoms with van der Waals surface area (Å²) in [5.74, 6) is -0.788. The van der Waals surface area contributed by atoms with Crippen LogP contribution in [0.2, 0.25) is 0 Å². The van der Waals surface area contributed by atoms with E-state index in [2.05, 4.69) is 15.3 Å². The van der Waals surface area contributed by atoms with Gasteiger partial charge in [-0.15, -0.1) is 0 Å². The van der Waals surface area contributed by atoms with E-state index in [1.165, 1.54) is 12.1 Å². The molecule has 2 amide bonds. The summed E-state index contributed by atoms with van der Waals surface area (Å²) in [5.41, 5.74) is 1.24. The van der Waals surface area contributed by atoms with Crippen LogP contribution in [0.1, 0.15) is 42.5 Å². The molecule has 1 aromatic carbocycles. The van der Waals surface area contributed by atoms with E-state index in [-0.39, 0.29) is 35.0 Å². The predicted molar refractivity (Wildman–Crippen MR) is 119 cm³/mol. The topological polar surface area (TPSA) is 107 Å². The highest BCUT2D eigenvalue weighted by molar-refractivity contribution is 5.94. The minimum absolute atomic E-state index is 0.0774. The Hall–Kier alpha value is -3.53. The van der Waals surface area contributed by atoms with Crippen LogP contribution in [-0.2, 0) is 9.47 Å². The van der Waals surface area contributed by atoms with Gasteiger partial charge in [0.2, 0.25) is 12.2 Å². The van der Waals surface area contributed by atoms with Gasteiger partial charge in [0.1, 0.15) is 5.82 Å². The number of rotatable bonds is 5. The summed E-state index contributed by atoms with van der Waals surface area (Å²) in [4.78, 5) is 35.0. The molecule has 34 heavy (non-hydrogen) atoms. The molecule has 0 spiro atoms. The molecule has 9 nitrogen and oxygen atoms in total. The van der Waals surface area contributed by atoms with Gasteiger partial charge >= 0.3 is 6.09 Å². The Balaban J connectivity index is 1.21. The van der Waals surface area contributed by atoms with Crippen molar-refractivity contribution < 1.29 is 27.9 Å². The highest BCUT2D eigenvalue weighted by atomic mass is 19.1. The second-order valence-electron chi connectivity index (χ2n) is 8.61. The van der Waals surface area contributed by atoms with Crippen molar-refractivity contribution in [1.29, 1.82) is 0 Å². The molecule has 5 rings (SSSR count). The Bertz CT molecular complexity index is 1180. The van der Waals surface area contributed by atoms with Crippen molar-refractivity contribution in [2.45, 2.75) is 50.5 Å². The number of halogens is 1. The molecule has 0 radical (unpaired) electrons. The summed E-state index contributed by atoms with van der Waals surface area (Å²) < 4.78 is 31.0. The standard InChI is InChI=1S/C24H25FN4O5/c1-29(16-8-7-15(13-16)27-24(31)34-20-5-3-11-32-20)23(30)14-6-9-17(18(25)12-14)22-28-21-19(33-22)4-2-10-26-21/h2,4,6,9-10,12,15-16,20H,3,5,7-8,11,13H2,1H3,(H,27,31)/t15-,16+,20-/m0/s1. The fraction of sp³-hybridized carbons (Fsp3) is 0.417. The van der Waals surface area contributed by atoms with Crippen molar-refractivity contribution in [3.8, 4) is 11.5 Å².